The average Bonchev–Trinajstić information content (AvgIpc) is 2.75. The number of halogens is 1. The highest BCUT2D eigenvalue weighted by atomic mass is 35.5. The SMILES string of the molecule is CCOC(=O)c1ccc(CCN2CCN(C/C=C/c3ccccc3Cl)CC2)cc1. The first-order valence-corrected chi connectivity index (χ1v) is 10.7. The van der Waals surface area contributed by atoms with E-state index in [4.69, 9.17) is 16.3 Å². The molecule has 5 heteroatoms. The van der Waals surface area contributed by atoms with E-state index in [1.54, 1.807) is 0 Å². The lowest BCUT2D eigenvalue weighted by Gasteiger charge is -2.34. The van der Waals surface area contributed by atoms with E-state index >= 15 is 0 Å². The largest absolute Gasteiger partial charge is 0.462 e. The van der Waals surface area contributed by atoms with Crippen LogP contribution in [0.15, 0.2) is 54.6 Å². The second-order valence-corrected chi connectivity index (χ2v) is 7.64. The summed E-state index contributed by atoms with van der Waals surface area (Å²) < 4.78 is 5.03. The number of benzene rings is 2. The lowest BCUT2D eigenvalue weighted by atomic mass is 10.1. The predicted octanol–water partition coefficient (Wildman–Crippen LogP) is 4.39. The fraction of sp³-hybridized carbons (Fsp3) is 0.375. The molecule has 0 unspecified atom stereocenters. The normalized spacial score (nSPS) is 15.7. The molecule has 0 N–H and O–H groups in total. The summed E-state index contributed by atoms with van der Waals surface area (Å²) in [6.45, 7) is 8.55. The molecular weight excluding hydrogens is 384 g/mol. The Kier molecular flexibility index (Phi) is 8.29. The molecule has 0 radical (unpaired) electrons. The number of rotatable bonds is 8. The van der Waals surface area contributed by atoms with Crippen LogP contribution in [0.1, 0.15) is 28.4 Å². The molecule has 0 amide bonds. The van der Waals surface area contributed by atoms with Gasteiger partial charge in [0.2, 0.25) is 0 Å². The van der Waals surface area contributed by atoms with Crippen LogP contribution in [0.2, 0.25) is 5.02 Å². The van der Waals surface area contributed by atoms with E-state index in [-0.39, 0.29) is 5.97 Å². The first-order valence-electron chi connectivity index (χ1n) is 10.3. The molecule has 29 heavy (non-hydrogen) atoms. The molecule has 0 atom stereocenters. The van der Waals surface area contributed by atoms with Gasteiger partial charge in [0.25, 0.3) is 0 Å². The molecule has 1 fully saturated rings. The fourth-order valence-electron chi connectivity index (χ4n) is 3.44. The van der Waals surface area contributed by atoms with Crippen LogP contribution >= 0.6 is 11.6 Å². The van der Waals surface area contributed by atoms with Gasteiger partial charge in [-0.15, -0.1) is 0 Å². The van der Waals surface area contributed by atoms with Gasteiger partial charge in [-0.2, -0.15) is 0 Å². The van der Waals surface area contributed by atoms with Crippen molar-refractivity contribution in [2.75, 3.05) is 45.9 Å². The van der Waals surface area contributed by atoms with Crippen LogP contribution < -0.4 is 0 Å². The molecule has 3 rings (SSSR count). The van der Waals surface area contributed by atoms with E-state index < -0.39 is 0 Å². The summed E-state index contributed by atoms with van der Waals surface area (Å²) in [5, 5.41) is 0.795. The number of ether oxygens (including phenoxy) is 1. The summed E-state index contributed by atoms with van der Waals surface area (Å²) in [5.74, 6) is -0.251. The molecule has 1 aliphatic rings. The minimum absolute atomic E-state index is 0.251. The average molecular weight is 413 g/mol. The molecule has 1 heterocycles. The molecule has 2 aromatic rings. The molecule has 0 spiro atoms. The zero-order chi connectivity index (χ0) is 20.5. The molecule has 1 aliphatic heterocycles. The van der Waals surface area contributed by atoms with Crippen molar-refractivity contribution in [1.82, 2.24) is 9.80 Å². The van der Waals surface area contributed by atoms with E-state index in [2.05, 4.69) is 22.0 Å². The highest BCUT2D eigenvalue weighted by Crippen LogP contribution is 2.16. The third-order valence-corrected chi connectivity index (χ3v) is 5.56. The molecule has 0 bridgehead atoms. The van der Waals surface area contributed by atoms with Crippen LogP contribution in [0.3, 0.4) is 0 Å². The van der Waals surface area contributed by atoms with Gasteiger partial charge < -0.3 is 9.64 Å². The zero-order valence-corrected chi connectivity index (χ0v) is 17.8. The summed E-state index contributed by atoms with van der Waals surface area (Å²) in [6.07, 6.45) is 5.30. The summed E-state index contributed by atoms with van der Waals surface area (Å²) in [6, 6.07) is 15.7. The molecule has 0 saturated carbocycles. The lowest BCUT2D eigenvalue weighted by molar-refractivity contribution is 0.0526. The maximum Gasteiger partial charge on any atom is 0.338 e. The van der Waals surface area contributed by atoms with Gasteiger partial charge in [0.1, 0.15) is 0 Å². The number of hydrogen-bond acceptors (Lipinski definition) is 4. The second kappa shape index (κ2) is 11.1. The third-order valence-electron chi connectivity index (χ3n) is 5.21. The standard InChI is InChI=1S/C24H29ClN2O2/c1-2-29-24(28)22-11-9-20(10-12-22)13-15-27-18-16-26(17-19-27)14-5-7-21-6-3-4-8-23(21)25/h3-12H,2,13-19H2,1H3/b7-5+. The number of carbonyl (C=O) groups is 1. The van der Waals surface area contributed by atoms with Gasteiger partial charge in [-0.25, -0.2) is 4.79 Å². The molecule has 154 valence electrons. The van der Waals surface area contributed by atoms with Gasteiger partial charge in [-0.3, -0.25) is 4.90 Å². The van der Waals surface area contributed by atoms with Gasteiger partial charge in [-0.05, 0) is 42.7 Å². The monoisotopic (exact) mass is 412 g/mol. The van der Waals surface area contributed by atoms with E-state index in [9.17, 15) is 4.79 Å². The molecule has 2 aromatic carbocycles. The van der Waals surface area contributed by atoms with E-state index in [1.165, 1.54) is 5.56 Å². The van der Waals surface area contributed by atoms with Gasteiger partial charge in [0.05, 0.1) is 12.2 Å². The van der Waals surface area contributed by atoms with Crippen molar-refractivity contribution in [2.45, 2.75) is 13.3 Å². The van der Waals surface area contributed by atoms with Crippen molar-refractivity contribution in [3.8, 4) is 0 Å². The number of piperazine rings is 1. The van der Waals surface area contributed by atoms with Crippen LogP contribution in [0.25, 0.3) is 6.08 Å². The Morgan fingerprint density at radius 2 is 1.72 bits per heavy atom. The number of nitrogens with zero attached hydrogens (tertiary/aromatic N) is 2. The second-order valence-electron chi connectivity index (χ2n) is 7.23. The Morgan fingerprint density at radius 3 is 2.41 bits per heavy atom. The Balaban J connectivity index is 1.37. The van der Waals surface area contributed by atoms with Gasteiger partial charge >= 0.3 is 5.97 Å². The molecule has 0 aromatic heterocycles. The zero-order valence-electron chi connectivity index (χ0n) is 17.0. The van der Waals surface area contributed by atoms with Crippen molar-refractivity contribution in [2.24, 2.45) is 0 Å². The van der Waals surface area contributed by atoms with Gasteiger partial charge in [-0.1, -0.05) is 54.1 Å². The first kappa shape index (κ1) is 21.6. The van der Waals surface area contributed by atoms with E-state index in [0.29, 0.717) is 12.2 Å². The number of esters is 1. The molecular formula is C24H29ClN2O2. The van der Waals surface area contributed by atoms with Crippen LogP contribution in [0.5, 0.6) is 0 Å². The summed E-state index contributed by atoms with van der Waals surface area (Å²) in [7, 11) is 0. The van der Waals surface area contributed by atoms with E-state index in [1.807, 2.05) is 55.5 Å². The Bertz CT molecular complexity index is 812. The van der Waals surface area contributed by atoms with Crippen molar-refractivity contribution < 1.29 is 9.53 Å². The van der Waals surface area contributed by atoms with Crippen molar-refractivity contribution in [1.29, 1.82) is 0 Å². The van der Waals surface area contributed by atoms with E-state index in [0.717, 1.165) is 56.3 Å². The minimum atomic E-state index is -0.251. The van der Waals surface area contributed by atoms with Crippen molar-refractivity contribution in [3.05, 3.63) is 76.3 Å². The predicted molar refractivity (Wildman–Crippen MR) is 119 cm³/mol. The molecule has 0 aliphatic carbocycles. The summed E-state index contributed by atoms with van der Waals surface area (Å²) >= 11 is 6.19. The van der Waals surface area contributed by atoms with Gasteiger partial charge in [0.15, 0.2) is 0 Å². The Morgan fingerprint density at radius 1 is 1.03 bits per heavy atom. The molecule has 4 nitrogen and oxygen atoms in total. The quantitative estimate of drug-likeness (QED) is 0.602. The Hall–Kier alpha value is -2.14. The fourth-order valence-corrected chi connectivity index (χ4v) is 3.64. The summed E-state index contributed by atoms with van der Waals surface area (Å²) in [5.41, 5.74) is 2.94. The maximum atomic E-state index is 11.7. The summed E-state index contributed by atoms with van der Waals surface area (Å²) in [4.78, 5) is 16.7. The maximum absolute atomic E-state index is 11.7. The highest BCUT2D eigenvalue weighted by molar-refractivity contribution is 6.32. The number of hydrogen-bond donors (Lipinski definition) is 0. The lowest BCUT2D eigenvalue weighted by Crippen LogP contribution is -2.46. The Labute approximate surface area is 178 Å². The van der Waals surface area contributed by atoms with Crippen LogP contribution in [0.4, 0.5) is 0 Å². The van der Waals surface area contributed by atoms with Crippen LogP contribution in [-0.2, 0) is 11.2 Å². The van der Waals surface area contributed by atoms with Crippen LogP contribution in [0, 0.1) is 0 Å². The van der Waals surface area contributed by atoms with Gasteiger partial charge in [0, 0.05) is 44.3 Å². The first-order chi connectivity index (χ1) is 14.2. The van der Waals surface area contributed by atoms with Crippen molar-refractivity contribution in [3.63, 3.8) is 0 Å². The topological polar surface area (TPSA) is 32.8 Å². The highest BCUT2D eigenvalue weighted by Gasteiger charge is 2.15. The van der Waals surface area contributed by atoms with Crippen molar-refractivity contribution >= 4 is 23.6 Å². The number of carbonyl (C=O) groups excluding carboxylic acids is 1. The molecule has 1 saturated heterocycles. The minimum Gasteiger partial charge on any atom is -0.462 e. The third kappa shape index (κ3) is 6.70. The smallest absolute Gasteiger partial charge is 0.338 e. The van der Waals surface area contributed by atoms with Crippen LogP contribution in [-0.4, -0.2) is 61.6 Å².